The molecule has 22 heavy (non-hydrogen) atoms. The highest BCUT2D eigenvalue weighted by Crippen LogP contribution is 2.17. The predicted octanol–water partition coefficient (Wildman–Crippen LogP) is 4.75. The minimum Gasteiger partial charge on any atom is -0.322 e. The monoisotopic (exact) mass is 312 g/mol. The molecule has 0 aliphatic rings. The topological polar surface area (TPSA) is 42.0 Å². The van der Waals surface area contributed by atoms with Crippen molar-refractivity contribution < 1.29 is 4.79 Å². The third-order valence-corrected chi connectivity index (χ3v) is 4.05. The van der Waals surface area contributed by atoms with Gasteiger partial charge >= 0.3 is 0 Å². The molecule has 0 aliphatic carbocycles. The molecule has 0 atom stereocenters. The minimum absolute atomic E-state index is 0.0950. The van der Waals surface area contributed by atoms with Crippen molar-refractivity contribution in [3.05, 3.63) is 63.6 Å². The number of rotatable bonds is 4. The first-order valence-electron chi connectivity index (χ1n) is 7.11. The Morgan fingerprint density at radius 1 is 1.14 bits per heavy atom. The van der Waals surface area contributed by atoms with Gasteiger partial charge in [0.2, 0.25) is 0 Å². The molecule has 0 spiro atoms. The van der Waals surface area contributed by atoms with Gasteiger partial charge in [0.05, 0.1) is 10.7 Å². The molecule has 1 aromatic carbocycles. The van der Waals surface area contributed by atoms with Crippen molar-refractivity contribution in [1.29, 1.82) is 0 Å². The van der Waals surface area contributed by atoms with Crippen LogP contribution in [0, 0.1) is 13.8 Å². The van der Waals surface area contributed by atoms with Crippen LogP contribution in [0.1, 0.15) is 30.1 Å². The average molecular weight is 312 g/mol. The van der Waals surface area contributed by atoms with Crippen LogP contribution in [0.4, 0.5) is 5.69 Å². The Hall–Kier alpha value is -2.20. The van der Waals surface area contributed by atoms with Crippen LogP contribution in [-0.2, 0) is 4.79 Å². The molecule has 1 N–H and O–H groups in total. The first-order valence-corrected chi connectivity index (χ1v) is 7.99. The molecule has 0 radical (unpaired) electrons. The predicted molar refractivity (Wildman–Crippen MR) is 94.1 cm³/mol. The number of benzene rings is 1. The summed E-state index contributed by atoms with van der Waals surface area (Å²) < 4.78 is 0. The van der Waals surface area contributed by atoms with E-state index in [4.69, 9.17) is 0 Å². The SMILES string of the molecule is C/C(=C\C=C(/C)c1csc(C)n1)C(=O)Nc1ccc(C)cc1. The molecule has 0 saturated heterocycles. The number of nitrogens with one attached hydrogen (secondary N) is 1. The number of allylic oxidation sites excluding steroid dienone is 3. The number of carbonyl (C=O) groups is 1. The van der Waals surface area contributed by atoms with Crippen molar-refractivity contribution in [2.24, 2.45) is 0 Å². The van der Waals surface area contributed by atoms with Crippen LogP contribution in [0.25, 0.3) is 5.57 Å². The van der Waals surface area contributed by atoms with Crippen molar-refractivity contribution in [1.82, 2.24) is 4.98 Å². The normalized spacial score (nSPS) is 12.4. The van der Waals surface area contributed by atoms with Gasteiger partial charge in [-0.1, -0.05) is 29.8 Å². The van der Waals surface area contributed by atoms with Crippen molar-refractivity contribution in [2.45, 2.75) is 27.7 Å². The van der Waals surface area contributed by atoms with Crippen LogP contribution in [0.3, 0.4) is 0 Å². The summed E-state index contributed by atoms with van der Waals surface area (Å²) in [6.45, 7) is 7.80. The van der Waals surface area contributed by atoms with Crippen molar-refractivity contribution in [3.8, 4) is 0 Å². The summed E-state index contributed by atoms with van der Waals surface area (Å²) in [5, 5.41) is 5.95. The minimum atomic E-state index is -0.0950. The van der Waals surface area contributed by atoms with E-state index in [-0.39, 0.29) is 5.91 Å². The number of aromatic nitrogens is 1. The maximum Gasteiger partial charge on any atom is 0.251 e. The Morgan fingerprint density at radius 2 is 1.82 bits per heavy atom. The lowest BCUT2D eigenvalue weighted by Crippen LogP contribution is -2.12. The van der Waals surface area contributed by atoms with Gasteiger partial charge in [0.1, 0.15) is 0 Å². The number of aryl methyl sites for hydroxylation is 2. The summed E-state index contributed by atoms with van der Waals surface area (Å²) in [7, 11) is 0. The smallest absolute Gasteiger partial charge is 0.251 e. The highest BCUT2D eigenvalue weighted by Gasteiger charge is 2.04. The van der Waals surface area contributed by atoms with Gasteiger partial charge in [-0.2, -0.15) is 0 Å². The number of carbonyl (C=O) groups excluding carboxylic acids is 1. The molecule has 0 bridgehead atoms. The molecule has 3 nitrogen and oxygen atoms in total. The summed E-state index contributed by atoms with van der Waals surface area (Å²) in [6.07, 6.45) is 3.76. The zero-order chi connectivity index (χ0) is 16.1. The third kappa shape index (κ3) is 4.40. The Morgan fingerprint density at radius 3 is 2.41 bits per heavy atom. The standard InChI is InChI=1S/C18H20N2OS/c1-12-5-9-16(10-6-12)20-18(21)14(3)8-7-13(2)17-11-22-15(4)19-17/h5-11H,1-4H3,(H,20,21)/b13-7+,14-8+. The van der Waals surface area contributed by atoms with E-state index in [1.165, 1.54) is 5.56 Å². The second kappa shape index (κ2) is 7.18. The Kier molecular flexibility index (Phi) is 5.28. The second-order valence-corrected chi connectivity index (χ2v) is 6.33. The second-order valence-electron chi connectivity index (χ2n) is 5.27. The number of thiazole rings is 1. The van der Waals surface area contributed by atoms with Crippen LogP contribution < -0.4 is 5.32 Å². The van der Waals surface area contributed by atoms with Gasteiger partial charge < -0.3 is 5.32 Å². The molecule has 1 aromatic heterocycles. The molecule has 0 saturated carbocycles. The highest BCUT2D eigenvalue weighted by molar-refractivity contribution is 7.09. The van der Waals surface area contributed by atoms with Crippen LogP contribution in [0.15, 0.2) is 47.4 Å². The van der Waals surface area contributed by atoms with Crippen LogP contribution in [0.5, 0.6) is 0 Å². The number of anilines is 1. The molecule has 2 rings (SSSR count). The molecular weight excluding hydrogens is 292 g/mol. The molecule has 114 valence electrons. The third-order valence-electron chi connectivity index (χ3n) is 3.27. The van der Waals surface area contributed by atoms with Crippen LogP contribution in [0.2, 0.25) is 0 Å². The highest BCUT2D eigenvalue weighted by atomic mass is 32.1. The molecule has 2 aromatic rings. The summed E-state index contributed by atoms with van der Waals surface area (Å²) in [5.41, 5.74) is 4.64. The van der Waals surface area contributed by atoms with Gasteiger partial charge in [0.15, 0.2) is 0 Å². The van der Waals surface area contributed by atoms with Crippen molar-refractivity contribution in [2.75, 3.05) is 5.32 Å². The van der Waals surface area contributed by atoms with Gasteiger partial charge in [0.25, 0.3) is 5.91 Å². The van der Waals surface area contributed by atoms with Gasteiger partial charge in [-0.3, -0.25) is 4.79 Å². The summed E-state index contributed by atoms with van der Waals surface area (Å²) in [6, 6.07) is 7.76. The zero-order valence-electron chi connectivity index (χ0n) is 13.3. The van der Waals surface area contributed by atoms with E-state index in [1.54, 1.807) is 18.3 Å². The molecule has 1 heterocycles. The lowest BCUT2D eigenvalue weighted by molar-refractivity contribution is -0.112. The maximum absolute atomic E-state index is 12.1. The number of hydrogen-bond acceptors (Lipinski definition) is 3. The lowest BCUT2D eigenvalue weighted by atomic mass is 10.1. The van der Waals surface area contributed by atoms with Crippen molar-refractivity contribution >= 4 is 28.5 Å². The fourth-order valence-electron chi connectivity index (χ4n) is 1.82. The van der Waals surface area contributed by atoms with E-state index in [9.17, 15) is 4.79 Å². The van der Waals surface area contributed by atoms with E-state index in [0.29, 0.717) is 5.57 Å². The van der Waals surface area contributed by atoms with Gasteiger partial charge in [-0.25, -0.2) is 4.98 Å². The molecule has 0 unspecified atom stereocenters. The first-order chi connectivity index (χ1) is 10.5. The van der Waals surface area contributed by atoms with E-state index in [0.717, 1.165) is 22.0 Å². The lowest BCUT2D eigenvalue weighted by Gasteiger charge is -2.05. The zero-order valence-corrected chi connectivity index (χ0v) is 14.1. The van der Waals surface area contributed by atoms with Gasteiger partial charge in [-0.05, 0) is 45.4 Å². The van der Waals surface area contributed by atoms with E-state index >= 15 is 0 Å². The average Bonchev–Trinajstić information content (AvgIpc) is 2.93. The first kappa shape index (κ1) is 16.2. The van der Waals surface area contributed by atoms with Crippen LogP contribution in [-0.4, -0.2) is 10.9 Å². The molecular formula is C18H20N2OS. The fraction of sp³-hybridized carbons (Fsp3) is 0.222. The molecule has 0 aliphatic heterocycles. The summed E-state index contributed by atoms with van der Waals surface area (Å²) in [4.78, 5) is 16.6. The number of nitrogens with zero attached hydrogens (tertiary/aromatic N) is 1. The maximum atomic E-state index is 12.1. The molecule has 1 amide bonds. The Labute approximate surface area is 135 Å². The largest absolute Gasteiger partial charge is 0.322 e. The van der Waals surface area contributed by atoms with E-state index < -0.39 is 0 Å². The van der Waals surface area contributed by atoms with E-state index in [2.05, 4.69) is 10.3 Å². The summed E-state index contributed by atoms with van der Waals surface area (Å²) >= 11 is 1.62. The Balaban J connectivity index is 2.04. The quantitative estimate of drug-likeness (QED) is 0.654. The fourth-order valence-corrected chi connectivity index (χ4v) is 2.49. The Bertz CT molecular complexity index is 724. The molecule has 4 heteroatoms. The van der Waals surface area contributed by atoms with Crippen LogP contribution >= 0.6 is 11.3 Å². The number of amides is 1. The number of hydrogen-bond donors (Lipinski definition) is 1. The van der Waals surface area contributed by atoms with E-state index in [1.807, 2.05) is 62.6 Å². The van der Waals surface area contributed by atoms with Crippen molar-refractivity contribution in [3.63, 3.8) is 0 Å². The summed E-state index contributed by atoms with van der Waals surface area (Å²) in [5.74, 6) is -0.0950. The molecule has 0 fully saturated rings. The van der Waals surface area contributed by atoms with Gasteiger partial charge in [-0.15, -0.1) is 11.3 Å². The van der Waals surface area contributed by atoms with Gasteiger partial charge in [0, 0.05) is 16.6 Å².